The summed E-state index contributed by atoms with van der Waals surface area (Å²) in [6.45, 7) is 2.25. The highest BCUT2D eigenvalue weighted by Gasteiger charge is 2.20. The normalized spacial score (nSPS) is 10.8. The van der Waals surface area contributed by atoms with Crippen molar-refractivity contribution in [2.45, 2.75) is 13.5 Å². The summed E-state index contributed by atoms with van der Waals surface area (Å²) in [5.74, 6) is 1.32. The van der Waals surface area contributed by atoms with Gasteiger partial charge >= 0.3 is 0 Å². The predicted octanol–water partition coefficient (Wildman–Crippen LogP) is 3.36. The minimum atomic E-state index is -0.388. The summed E-state index contributed by atoms with van der Waals surface area (Å²) >= 11 is 0. The number of carbonyl (C=O) groups excluding carboxylic acids is 1. The molecule has 0 atom stereocenters. The van der Waals surface area contributed by atoms with Crippen molar-refractivity contribution in [2.24, 2.45) is 0 Å². The van der Waals surface area contributed by atoms with Gasteiger partial charge in [0.25, 0.3) is 5.91 Å². The average molecular weight is 348 g/mol. The van der Waals surface area contributed by atoms with Crippen molar-refractivity contribution >= 4 is 5.91 Å². The zero-order chi connectivity index (χ0) is 17.9. The van der Waals surface area contributed by atoms with Crippen LogP contribution in [0.5, 0.6) is 0 Å². The molecule has 3 heterocycles. The lowest BCUT2D eigenvalue weighted by molar-refractivity contribution is 0.0937. The third-order valence-corrected chi connectivity index (χ3v) is 3.80. The highest BCUT2D eigenvalue weighted by Crippen LogP contribution is 2.22. The van der Waals surface area contributed by atoms with Gasteiger partial charge in [-0.25, -0.2) is 4.68 Å². The van der Waals surface area contributed by atoms with Crippen LogP contribution in [0.15, 0.2) is 69.9 Å². The quantitative estimate of drug-likeness (QED) is 0.598. The molecular weight excluding hydrogens is 332 g/mol. The van der Waals surface area contributed by atoms with Gasteiger partial charge in [-0.2, -0.15) is 4.98 Å². The van der Waals surface area contributed by atoms with Gasteiger partial charge in [0, 0.05) is 0 Å². The molecule has 0 bridgehead atoms. The molecule has 0 saturated carbocycles. The molecule has 0 fully saturated rings. The fourth-order valence-corrected chi connectivity index (χ4v) is 2.57. The Morgan fingerprint density at radius 2 is 1.96 bits per heavy atom. The lowest BCUT2D eigenvalue weighted by Crippen LogP contribution is -2.24. The fourth-order valence-electron chi connectivity index (χ4n) is 2.57. The van der Waals surface area contributed by atoms with Gasteiger partial charge < -0.3 is 14.2 Å². The van der Waals surface area contributed by atoms with E-state index in [2.05, 4.69) is 15.4 Å². The van der Waals surface area contributed by atoms with Gasteiger partial charge in [0.2, 0.25) is 5.82 Å². The second-order valence-electron chi connectivity index (χ2n) is 5.75. The van der Waals surface area contributed by atoms with Gasteiger partial charge in [-0.3, -0.25) is 4.79 Å². The molecule has 1 N–H and O–H groups in total. The van der Waals surface area contributed by atoms with E-state index in [-0.39, 0.29) is 18.3 Å². The molecule has 130 valence electrons. The van der Waals surface area contributed by atoms with Gasteiger partial charge in [0.15, 0.2) is 11.6 Å². The number of carbonyl (C=O) groups is 1. The number of benzene rings is 1. The molecule has 0 aliphatic heterocycles. The fraction of sp³-hybridized carbons (Fsp3) is 0.105. The van der Waals surface area contributed by atoms with Crippen LogP contribution in [-0.4, -0.2) is 20.7 Å². The molecule has 1 aromatic carbocycles. The van der Waals surface area contributed by atoms with Crippen LogP contribution in [0, 0.1) is 6.92 Å². The van der Waals surface area contributed by atoms with Crippen molar-refractivity contribution in [3.05, 3.63) is 78.2 Å². The van der Waals surface area contributed by atoms with E-state index in [0.717, 1.165) is 11.3 Å². The topological polar surface area (TPSA) is 86.1 Å². The number of hydrogen-bond donors (Lipinski definition) is 1. The summed E-state index contributed by atoms with van der Waals surface area (Å²) in [6, 6.07) is 14.9. The molecule has 0 spiro atoms. The molecule has 0 saturated heterocycles. The Kier molecular flexibility index (Phi) is 4.10. The maximum atomic E-state index is 12.5. The van der Waals surface area contributed by atoms with Crippen molar-refractivity contribution in [1.82, 2.24) is 20.1 Å². The lowest BCUT2D eigenvalue weighted by atomic mass is 10.2. The third-order valence-electron chi connectivity index (χ3n) is 3.80. The van der Waals surface area contributed by atoms with Crippen LogP contribution in [0.4, 0.5) is 0 Å². The minimum absolute atomic E-state index is 0.0597. The Balaban J connectivity index is 1.68. The van der Waals surface area contributed by atoms with Gasteiger partial charge in [-0.1, -0.05) is 12.1 Å². The Hall–Kier alpha value is -3.61. The van der Waals surface area contributed by atoms with Crippen molar-refractivity contribution in [3.8, 4) is 17.3 Å². The Morgan fingerprint density at radius 1 is 1.12 bits per heavy atom. The zero-order valence-electron chi connectivity index (χ0n) is 14.0. The van der Waals surface area contributed by atoms with Crippen LogP contribution in [-0.2, 0) is 6.54 Å². The van der Waals surface area contributed by atoms with Crippen molar-refractivity contribution in [1.29, 1.82) is 0 Å². The van der Waals surface area contributed by atoms with E-state index >= 15 is 0 Å². The van der Waals surface area contributed by atoms with E-state index in [1.165, 1.54) is 0 Å². The van der Waals surface area contributed by atoms with Crippen LogP contribution in [0.3, 0.4) is 0 Å². The van der Waals surface area contributed by atoms with Gasteiger partial charge in [0.05, 0.1) is 24.8 Å². The lowest BCUT2D eigenvalue weighted by Gasteiger charge is -2.04. The first-order chi connectivity index (χ1) is 12.7. The molecule has 3 aromatic heterocycles. The predicted molar refractivity (Wildman–Crippen MR) is 93.7 cm³/mol. The van der Waals surface area contributed by atoms with E-state index in [9.17, 15) is 4.79 Å². The summed E-state index contributed by atoms with van der Waals surface area (Å²) in [6.07, 6.45) is 3.11. The standard InChI is InChI=1S/C19H16N4O3/c1-13-5-2-6-14(11-13)23-18(16-8-4-10-26-16)21-17(22-23)19(24)20-12-15-7-3-9-25-15/h2-11H,12H2,1H3,(H,20,24). The average Bonchev–Trinajstić information content (AvgIpc) is 3.40. The maximum absolute atomic E-state index is 12.5. The first-order valence-electron chi connectivity index (χ1n) is 8.09. The Bertz CT molecular complexity index is 1020. The van der Waals surface area contributed by atoms with E-state index in [4.69, 9.17) is 8.83 Å². The van der Waals surface area contributed by atoms with Gasteiger partial charge in [-0.15, -0.1) is 5.10 Å². The number of nitrogens with one attached hydrogen (secondary N) is 1. The summed E-state index contributed by atoms with van der Waals surface area (Å²) in [7, 11) is 0. The Morgan fingerprint density at radius 3 is 2.69 bits per heavy atom. The van der Waals surface area contributed by atoms with Crippen molar-refractivity contribution in [3.63, 3.8) is 0 Å². The van der Waals surface area contributed by atoms with Crippen LogP contribution in [0.1, 0.15) is 21.9 Å². The molecule has 4 aromatic rings. The van der Waals surface area contributed by atoms with Gasteiger partial charge in [0.1, 0.15) is 5.76 Å². The minimum Gasteiger partial charge on any atom is -0.467 e. The number of rotatable bonds is 5. The molecule has 0 aliphatic rings. The molecule has 0 unspecified atom stereocenters. The number of hydrogen-bond acceptors (Lipinski definition) is 5. The number of nitrogens with zero attached hydrogens (tertiary/aromatic N) is 3. The molecule has 4 rings (SSSR count). The number of aryl methyl sites for hydroxylation is 1. The monoisotopic (exact) mass is 348 g/mol. The zero-order valence-corrected chi connectivity index (χ0v) is 14.0. The number of furan rings is 2. The summed E-state index contributed by atoms with van der Waals surface area (Å²) < 4.78 is 12.3. The van der Waals surface area contributed by atoms with E-state index in [1.807, 2.05) is 31.2 Å². The van der Waals surface area contributed by atoms with Crippen LogP contribution in [0.25, 0.3) is 17.3 Å². The van der Waals surface area contributed by atoms with Crippen LogP contribution in [0.2, 0.25) is 0 Å². The third kappa shape index (κ3) is 3.14. The highest BCUT2D eigenvalue weighted by atomic mass is 16.3. The molecule has 0 radical (unpaired) electrons. The van der Waals surface area contributed by atoms with E-state index in [0.29, 0.717) is 17.3 Å². The maximum Gasteiger partial charge on any atom is 0.291 e. The summed E-state index contributed by atoms with van der Waals surface area (Å²) in [4.78, 5) is 16.8. The number of amides is 1. The molecule has 0 aliphatic carbocycles. The first kappa shape index (κ1) is 15.9. The number of aromatic nitrogens is 3. The molecule has 1 amide bonds. The van der Waals surface area contributed by atoms with E-state index < -0.39 is 0 Å². The first-order valence-corrected chi connectivity index (χ1v) is 8.09. The Labute approximate surface area is 149 Å². The molecule has 7 nitrogen and oxygen atoms in total. The molecule has 7 heteroatoms. The molecule has 26 heavy (non-hydrogen) atoms. The second-order valence-corrected chi connectivity index (χ2v) is 5.75. The summed E-state index contributed by atoms with van der Waals surface area (Å²) in [5, 5.41) is 7.13. The van der Waals surface area contributed by atoms with E-state index in [1.54, 1.807) is 41.5 Å². The van der Waals surface area contributed by atoms with Crippen LogP contribution >= 0.6 is 0 Å². The molecular formula is C19H16N4O3. The van der Waals surface area contributed by atoms with Crippen molar-refractivity contribution in [2.75, 3.05) is 0 Å². The highest BCUT2D eigenvalue weighted by molar-refractivity contribution is 5.90. The summed E-state index contributed by atoms with van der Waals surface area (Å²) in [5.41, 5.74) is 1.88. The van der Waals surface area contributed by atoms with Crippen molar-refractivity contribution < 1.29 is 13.6 Å². The van der Waals surface area contributed by atoms with Gasteiger partial charge in [-0.05, 0) is 48.9 Å². The SMILES string of the molecule is Cc1cccc(-n2nc(C(=O)NCc3ccco3)nc2-c2ccco2)c1. The second kappa shape index (κ2) is 6.72. The smallest absolute Gasteiger partial charge is 0.291 e. The van der Waals surface area contributed by atoms with Crippen LogP contribution < -0.4 is 5.32 Å². The largest absolute Gasteiger partial charge is 0.467 e.